The monoisotopic (exact) mass is 263 g/mol. The van der Waals surface area contributed by atoms with E-state index in [2.05, 4.69) is 0 Å². The summed E-state index contributed by atoms with van der Waals surface area (Å²) in [6, 6.07) is 0. The van der Waals surface area contributed by atoms with Gasteiger partial charge in [0.25, 0.3) is 5.91 Å². The first-order chi connectivity index (χ1) is 9.01. The van der Waals surface area contributed by atoms with Gasteiger partial charge in [-0.3, -0.25) is 9.59 Å². The normalized spacial score (nSPS) is 50.1. The van der Waals surface area contributed by atoms with Crippen LogP contribution >= 0.6 is 0 Å². The molecule has 5 heteroatoms. The number of nitrogens with zero attached hydrogens (tertiary/aromatic N) is 1. The zero-order chi connectivity index (χ0) is 13.5. The van der Waals surface area contributed by atoms with Crippen LogP contribution in [0.15, 0.2) is 12.3 Å². The summed E-state index contributed by atoms with van der Waals surface area (Å²) in [7, 11) is 1.73. The topological polar surface area (TPSA) is 55.8 Å². The molecule has 4 atom stereocenters. The molecule has 2 spiro atoms. The van der Waals surface area contributed by atoms with E-state index in [1.807, 2.05) is 6.08 Å². The van der Waals surface area contributed by atoms with Crippen LogP contribution in [-0.2, 0) is 19.1 Å². The Kier molecular flexibility index (Phi) is 1.83. The molecule has 0 N–H and O–H groups in total. The molecule has 102 valence electrons. The molecule has 4 aliphatic rings. The van der Waals surface area contributed by atoms with Crippen molar-refractivity contribution in [2.75, 3.05) is 7.05 Å². The number of likely N-dealkylation sites (N-methyl/N-ethyl adjacent to an activating group) is 1. The fraction of sp³-hybridized carbons (Fsp3) is 0.714. The summed E-state index contributed by atoms with van der Waals surface area (Å²) in [5.74, 6) is -0.700. The predicted molar refractivity (Wildman–Crippen MR) is 64.9 cm³/mol. The molecule has 4 unspecified atom stereocenters. The summed E-state index contributed by atoms with van der Waals surface area (Å²) in [6.07, 6.45) is 7.10. The number of hydrogen-bond acceptors (Lipinski definition) is 4. The van der Waals surface area contributed by atoms with Gasteiger partial charge in [-0.1, -0.05) is 0 Å². The number of Topliss-reactive ketones (excluding diaryl/α,β-unsaturated/α-hetero) is 1. The van der Waals surface area contributed by atoms with Crippen molar-refractivity contribution in [1.29, 1.82) is 0 Å². The SMILES string of the molecule is CC(=O)C12OC3(CCCCC34OC=CC14)N(C)C2=O. The summed E-state index contributed by atoms with van der Waals surface area (Å²) in [5, 5.41) is 0. The molecule has 0 aromatic heterocycles. The molecule has 1 aliphatic carbocycles. The van der Waals surface area contributed by atoms with Gasteiger partial charge in [-0.15, -0.1) is 0 Å². The maximum Gasteiger partial charge on any atom is 0.265 e. The minimum atomic E-state index is -1.36. The Morgan fingerprint density at radius 3 is 2.89 bits per heavy atom. The second-order valence-corrected chi connectivity index (χ2v) is 6.06. The molecule has 0 radical (unpaired) electrons. The van der Waals surface area contributed by atoms with Gasteiger partial charge in [-0.2, -0.15) is 0 Å². The third kappa shape index (κ3) is 0.881. The molecule has 3 fully saturated rings. The van der Waals surface area contributed by atoms with E-state index in [-0.39, 0.29) is 17.6 Å². The van der Waals surface area contributed by atoms with E-state index >= 15 is 0 Å². The Bertz CT molecular complexity index is 530. The van der Waals surface area contributed by atoms with E-state index in [1.165, 1.54) is 6.92 Å². The molecule has 19 heavy (non-hydrogen) atoms. The molecule has 4 rings (SSSR count). The lowest BCUT2D eigenvalue weighted by atomic mass is 9.64. The first kappa shape index (κ1) is 11.5. The molecule has 3 aliphatic heterocycles. The molecule has 1 saturated carbocycles. The van der Waals surface area contributed by atoms with Crippen molar-refractivity contribution >= 4 is 11.7 Å². The van der Waals surface area contributed by atoms with E-state index in [0.717, 1.165) is 25.7 Å². The molecule has 2 bridgehead atoms. The molecule has 1 amide bonds. The zero-order valence-corrected chi connectivity index (χ0v) is 11.1. The summed E-state index contributed by atoms with van der Waals surface area (Å²) >= 11 is 0. The predicted octanol–water partition coefficient (Wildman–Crippen LogP) is 0.986. The van der Waals surface area contributed by atoms with Crippen LogP contribution in [0.25, 0.3) is 0 Å². The fourth-order valence-corrected chi connectivity index (χ4v) is 4.66. The van der Waals surface area contributed by atoms with Gasteiger partial charge in [-0.25, -0.2) is 0 Å². The van der Waals surface area contributed by atoms with Crippen LogP contribution in [0.4, 0.5) is 0 Å². The number of carbonyl (C=O) groups is 2. The van der Waals surface area contributed by atoms with Gasteiger partial charge in [0.2, 0.25) is 5.60 Å². The van der Waals surface area contributed by atoms with Crippen molar-refractivity contribution in [3.8, 4) is 0 Å². The number of amides is 1. The summed E-state index contributed by atoms with van der Waals surface area (Å²) in [4.78, 5) is 26.4. The number of likely N-dealkylation sites (tertiary alicyclic amines) is 1. The number of piperidine rings is 1. The summed E-state index contributed by atoms with van der Waals surface area (Å²) in [5.41, 5.74) is -2.67. The fourth-order valence-electron chi connectivity index (χ4n) is 4.66. The highest BCUT2D eigenvalue weighted by atomic mass is 16.6. The van der Waals surface area contributed by atoms with E-state index in [0.29, 0.717) is 0 Å². The highest BCUT2D eigenvalue weighted by Crippen LogP contribution is 2.66. The van der Waals surface area contributed by atoms with E-state index in [9.17, 15) is 9.59 Å². The first-order valence-corrected chi connectivity index (χ1v) is 6.85. The van der Waals surface area contributed by atoms with Crippen molar-refractivity contribution in [3.63, 3.8) is 0 Å². The summed E-state index contributed by atoms with van der Waals surface area (Å²) < 4.78 is 12.1. The lowest BCUT2D eigenvalue weighted by Crippen LogP contribution is -2.69. The standard InChI is InChI=1S/C14H17NO4/c1-9(16)14-10-5-8-18-12(10)6-3-4-7-13(12,19-14)15(2)11(14)17/h5,8,10H,3-4,6-7H2,1-2H3. The van der Waals surface area contributed by atoms with E-state index < -0.39 is 16.9 Å². The second-order valence-electron chi connectivity index (χ2n) is 6.06. The Morgan fingerprint density at radius 1 is 1.42 bits per heavy atom. The smallest absolute Gasteiger partial charge is 0.265 e. The van der Waals surface area contributed by atoms with Gasteiger partial charge in [0.1, 0.15) is 0 Å². The van der Waals surface area contributed by atoms with Crippen LogP contribution < -0.4 is 0 Å². The van der Waals surface area contributed by atoms with Crippen molar-refractivity contribution in [2.24, 2.45) is 5.92 Å². The minimum absolute atomic E-state index is 0.210. The maximum atomic E-state index is 12.6. The Labute approximate surface area is 111 Å². The largest absolute Gasteiger partial charge is 0.489 e. The number of ketones is 1. The molecule has 0 aromatic carbocycles. The first-order valence-electron chi connectivity index (χ1n) is 6.85. The Hall–Kier alpha value is -1.36. The molecule has 0 aromatic rings. The van der Waals surface area contributed by atoms with Crippen LogP contribution in [-0.4, -0.2) is 40.6 Å². The van der Waals surface area contributed by atoms with Gasteiger partial charge in [-0.05, 0) is 38.7 Å². The van der Waals surface area contributed by atoms with Gasteiger partial charge < -0.3 is 14.4 Å². The molecular formula is C14H17NO4. The van der Waals surface area contributed by atoms with Crippen LogP contribution in [0.3, 0.4) is 0 Å². The highest BCUT2D eigenvalue weighted by Gasteiger charge is 2.84. The second kappa shape index (κ2) is 3.03. The van der Waals surface area contributed by atoms with Crippen molar-refractivity contribution < 1.29 is 19.1 Å². The average Bonchev–Trinajstić information content (AvgIpc) is 2.96. The van der Waals surface area contributed by atoms with Gasteiger partial charge >= 0.3 is 0 Å². The quantitative estimate of drug-likeness (QED) is 0.662. The number of hydrogen-bond donors (Lipinski definition) is 0. The van der Waals surface area contributed by atoms with Crippen LogP contribution in [0.1, 0.15) is 32.6 Å². The molecule has 2 saturated heterocycles. The minimum Gasteiger partial charge on any atom is -0.489 e. The lowest BCUT2D eigenvalue weighted by Gasteiger charge is -2.51. The van der Waals surface area contributed by atoms with Crippen LogP contribution in [0.2, 0.25) is 0 Å². The van der Waals surface area contributed by atoms with Gasteiger partial charge in [0.15, 0.2) is 17.1 Å². The van der Waals surface area contributed by atoms with Crippen LogP contribution in [0.5, 0.6) is 0 Å². The van der Waals surface area contributed by atoms with Crippen molar-refractivity contribution in [1.82, 2.24) is 4.90 Å². The average molecular weight is 263 g/mol. The van der Waals surface area contributed by atoms with Crippen molar-refractivity contribution in [2.45, 2.75) is 49.5 Å². The molecule has 5 nitrogen and oxygen atoms in total. The van der Waals surface area contributed by atoms with Gasteiger partial charge in [0.05, 0.1) is 12.2 Å². The number of ether oxygens (including phenoxy) is 2. The maximum absolute atomic E-state index is 12.6. The molecular weight excluding hydrogens is 246 g/mol. The third-order valence-electron chi connectivity index (χ3n) is 5.48. The number of rotatable bonds is 1. The van der Waals surface area contributed by atoms with E-state index in [4.69, 9.17) is 9.47 Å². The van der Waals surface area contributed by atoms with E-state index in [1.54, 1.807) is 18.2 Å². The zero-order valence-electron chi connectivity index (χ0n) is 11.1. The third-order valence-corrected chi connectivity index (χ3v) is 5.48. The van der Waals surface area contributed by atoms with Crippen LogP contribution in [0, 0.1) is 5.92 Å². The number of carbonyl (C=O) groups excluding carboxylic acids is 2. The summed E-state index contributed by atoms with van der Waals surface area (Å²) in [6.45, 7) is 1.45. The lowest BCUT2D eigenvalue weighted by molar-refractivity contribution is -0.203. The Balaban J connectivity index is 1.99. The van der Waals surface area contributed by atoms with Gasteiger partial charge in [0, 0.05) is 7.05 Å². The molecule has 3 heterocycles. The highest BCUT2D eigenvalue weighted by molar-refractivity contribution is 6.12. The van der Waals surface area contributed by atoms with Crippen molar-refractivity contribution in [3.05, 3.63) is 12.3 Å². The Morgan fingerprint density at radius 2 is 2.16 bits per heavy atom. The number of fused-ring (bicyclic) bond motifs is 2.